The number of hydrogen-bond donors (Lipinski definition) is 1. The number of rotatable bonds is 4. The molecule has 0 saturated heterocycles. The quantitative estimate of drug-likeness (QED) is 0.695. The van der Waals surface area contributed by atoms with Gasteiger partial charge in [-0.15, -0.1) is 0 Å². The van der Waals surface area contributed by atoms with Crippen LogP contribution in [0.4, 0.5) is 5.00 Å². The molecule has 98 valence electrons. The summed E-state index contributed by atoms with van der Waals surface area (Å²) in [5.74, 6) is -0.349. The van der Waals surface area contributed by atoms with Crippen molar-refractivity contribution in [2.45, 2.75) is 6.54 Å². The Morgan fingerprint density at radius 3 is 2.68 bits per heavy atom. The second kappa shape index (κ2) is 5.81. The molecule has 1 aromatic carbocycles. The number of nitrogens with one attached hydrogen (secondary N) is 1. The van der Waals surface area contributed by atoms with Gasteiger partial charge in [-0.05, 0) is 17.7 Å². The van der Waals surface area contributed by atoms with Gasteiger partial charge in [0, 0.05) is 17.6 Å². The molecule has 2 rings (SSSR count). The Morgan fingerprint density at radius 2 is 2.05 bits per heavy atom. The summed E-state index contributed by atoms with van der Waals surface area (Å²) in [5, 5.41) is 13.7. The van der Waals surface area contributed by atoms with Crippen LogP contribution in [-0.2, 0) is 6.54 Å². The summed E-state index contributed by atoms with van der Waals surface area (Å²) in [4.78, 5) is 22.1. The monoisotopic (exact) mass is 296 g/mol. The zero-order chi connectivity index (χ0) is 13.8. The van der Waals surface area contributed by atoms with Gasteiger partial charge in [0.05, 0.1) is 9.80 Å². The Kier molecular flexibility index (Phi) is 4.13. The average Bonchev–Trinajstić information content (AvgIpc) is 2.87. The molecule has 0 radical (unpaired) electrons. The average molecular weight is 297 g/mol. The zero-order valence-corrected chi connectivity index (χ0v) is 11.2. The van der Waals surface area contributed by atoms with Gasteiger partial charge in [-0.1, -0.05) is 41.1 Å². The van der Waals surface area contributed by atoms with E-state index in [2.05, 4.69) is 5.32 Å². The number of halogens is 1. The highest BCUT2D eigenvalue weighted by Crippen LogP contribution is 2.24. The molecule has 7 heteroatoms. The fourth-order valence-corrected chi connectivity index (χ4v) is 2.39. The van der Waals surface area contributed by atoms with Crippen LogP contribution in [0.3, 0.4) is 0 Å². The molecule has 0 spiro atoms. The highest BCUT2D eigenvalue weighted by atomic mass is 35.5. The van der Waals surface area contributed by atoms with Crippen LogP contribution in [0.5, 0.6) is 0 Å². The second-order valence-corrected chi connectivity index (χ2v) is 5.14. The molecule has 0 fully saturated rings. The predicted octanol–water partition coefficient (Wildman–Crippen LogP) is 3.24. The van der Waals surface area contributed by atoms with Gasteiger partial charge in [0.2, 0.25) is 0 Å². The topological polar surface area (TPSA) is 72.2 Å². The van der Waals surface area contributed by atoms with Gasteiger partial charge in [-0.2, -0.15) is 0 Å². The van der Waals surface area contributed by atoms with Crippen molar-refractivity contribution in [3.05, 3.63) is 62.0 Å². The first-order chi connectivity index (χ1) is 9.08. The lowest BCUT2D eigenvalue weighted by Gasteiger charge is -2.05. The fraction of sp³-hybridized carbons (Fsp3) is 0.0833. The minimum Gasteiger partial charge on any atom is -0.347 e. The van der Waals surface area contributed by atoms with Crippen molar-refractivity contribution in [2.75, 3.05) is 0 Å². The Bertz CT molecular complexity index is 627. The molecular formula is C12H9ClN2O3S. The summed E-state index contributed by atoms with van der Waals surface area (Å²) in [7, 11) is 0. The van der Waals surface area contributed by atoms with E-state index in [-0.39, 0.29) is 17.5 Å². The van der Waals surface area contributed by atoms with E-state index in [1.807, 2.05) is 6.07 Å². The smallest absolute Gasteiger partial charge is 0.324 e. The highest BCUT2D eigenvalue weighted by Gasteiger charge is 2.15. The van der Waals surface area contributed by atoms with Crippen LogP contribution in [0.1, 0.15) is 15.2 Å². The van der Waals surface area contributed by atoms with Crippen molar-refractivity contribution in [3.63, 3.8) is 0 Å². The lowest BCUT2D eigenvalue weighted by atomic mass is 10.2. The van der Waals surface area contributed by atoms with E-state index in [0.717, 1.165) is 16.9 Å². The van der Waals surface area contributed by atoms with E-state index in [0.29, 0.717) is 9.90 Å². The van der Waals surface area contributed by atoms with E-state index >= 15 is 0 Å². The molecule has 0 saturated carbocycles. The Hall–Kier alpha value is -1.92. The van der Waals surface area contributed by atoms with Gasteiger partial charge in [-0.25, -0.2) is 0 Å². The van der Waals surface area contributed by atoms with E-state index in [1.165, 1.54) is 12.1 Å². The lowest BCUT2D eigenvalue weighted by molar-refractivity contribution is -0.380. The van der Waals surface area contributed by atoms with Gasteiger partial charge in [0.25, 0.3) is 5.91 Å². The first-order valence-corrected chi connectivity index (χ1v) is 6.53. The maximum absolute atomic E-state index is 11.8. The van der Waals surface area contributed by atoms with Crippen LogP contribution < -0.4 is 5.32 Å². The van der Waals surface area contributed by atoms with Crippen molar-refractivity contribution in [1.29, 1.82) is 0 Å². The maximum atomic E-state index is 11.8. The third-order valence-electron chi connectivity index (χ3n) is 2.39. The van der Waals surface area contributed by atoms with E-state index < -0.39 is 4.92 Å². The van der Waals surface area contributed by atoms with Gasteiger partial charge >= 0.3 is 5.00 Å². The molecule has 1 aromatic heterocycles. The third kappa shape index (κ3) is 3.30. The minimum atomic E-state index is -0.518. The van der Waals surface area contributed by atoms with Crippen molar-refractivity contribution >= 4 is 33.8 Å². The summed E-state index contributed by atoms with van der Waals surface area (Å²) in [5.41, 5.74) is 0.795. The Morgan fingerprint density at radius 1 is 1.32 bits per heavy atom. The molecule has 1 amide bonds. The van der Waals surface area contributed by atoms with E-state index in [4.69, 9.17) is 11.6 Å². The highest BCUT2D eigenvalue weighted by molar-refractivity contribution is 7.17. The fourth-order valence-electron chi connectivity index (χ4n) is 1.45. The number of thiophene rings is 1. The van der Waals surface area contributed by atoms with Crippen LogP contribution in [0.15, 0.2) is 36.4 Å². The first-order valence-electron chi connectivity index (χ1n) is 5.34. The van der Waals surface area contributed by atoms with Crippen LogP contribution in [0.2, 0.25) is 5.02 Å². The number of hydrogen-bond acceptors (Lipinski definition) is 4. The molecule has 19 heavy (non-hydrogen) atoms. The SMILES string of the molecule is O=C(NCc1ccccc1Cl)c1ccc([N+](=O)[O-])s1. The van der Waals surface area contributed by atoms with Crippen LogP contribution in [0.25, 0.3) is 0 Å². The van der Waals surface area contributed by atoms with E-state index in [9.17, 15) is 14.9 Å². The molecule has 2 aromatic rings. The molecule has 0 aliphatic rings. The standard InChI is InChI=1S/C12H9ClN2O3S/c13-9-4-2-1-3-8(9)7-14-12(16)10-5-6-11(19-10)15(17)18/h1-6H,7H2,(H,14,16). The molecule has 1 N–H and O–H groups in total. The summed E-state index contributed by atoms with van der Waals surface area (Å²) in [6.07, 6.45) is 0. The number of nitro groups is 1. The summed E-state index contributed by atoms with van der Waals surface area (Å²) in [6, 6.07) is 9.91. The number of carbonyl (C=O) groups excluding carboxylic acids is 1. The molecule has 0 bridgehead atoms. The second-order valence-electron chi connectivity index (χ2n) is 3.67. The summed E-state index contributed by atoms with van der Waals surface area (Å²) < 4.78 is 0. The van der Waals surface area contributed by atoms with Gasteiger partial charge in [-0.3, -0.25) is 14.9 Å². The number of amides is 1. The number of nitrogens with zero attached hydrogens (tertiary/aromatic N) is 1. The molecule has 0 aliphatic heterocycles. The van der Waals surface area contributed by atoms with Crippen molar-refractivity contribution in [3.8, 4) is 0 Å². The maximum Gasteiger partial charge on any atom is 0.324 e. The summed E-state index contributed by atoms with van der Waals surface area (Å²) >= 11 is 6.81. The molecule has 5 nitrogen and oxygen atoms in total. The van der Waals surface area contributed by atoms with Gasteiger partial charge in [0.1, 0.15) is 0 Å². The molecule has 0 unspecified atom stereocenters. The normalized spacial score (nSPS) is 10.2. The molecule has 0 aliphatic carbocycles. The number of carbonyl (C=O) groups is 1. The first kappa shape index (κ1) is 13.5. The van der Waals surface area contributed by atoms with Crippen molar-refractivity contribution in [2.24, 2.45) is 0 Å². The zero-order valence-electron chi connectivity index (χ0n) is 9.63. The van der Waals surface area contributed by atoms with Crippen LogP contribution >= 0.6 is 22.9 Å². The van der Waals surface area contributed by atoms with E-state index in [1.54, 1.807) is 18.2 Å². The predicted molar refractivity (Wildman–Crippen MR) is 73.6 cm³/mol. The van der Waals surface area contributed by atoms with Crippen molar-refractivity contribution in [1.82, 2.24) is 5.32 Å². The lowest BCUT2D eigenvalue weighted by Crippen LogP contribution is -2.21. The molecule has 0 atom stereocenters. The third-order valence-corrected chi connectivity index (χ3v) is 3.80. The van der Waals surface area contributed by atoms with Crippen LogP contribution in [-0.4, -0.2) is 10.8 Å². The van der Waals surface area contributed by atoms with Gasteiger partial charge < -0.3 is 5.32 Å². The Balaban J connectivity index is 2.01. The minimum absolute atomic E-state index is 0.0529. The van der Waals surface area contributed by atoms with Crippen molar-refractivity contribution < 1.29 is 9.72 Å². The molecule has 1 heterocycles. The Labute approximate surface area is 118 Å². The number of benzene rings is 1. The van der Waals surface area contributed by atoms with Gasteiger partial charge in [0.15, 0.2) is 0 Å². The largest absolute Gasteiger partial charge is 0.347 e. The summed E-state index contributed by atoms with van der Waals surface area (Å²) in [6.45, 7) is 0.282. The van der Waals surface area contributed by atoms with Crippen LogP contribution in [0, 0.1) is 10.1 Å². The molecular weight excluding hydrogens is 288 g/mol.